The van der Waals surface area contributed by atoms with Crippen LogP contribution < -0.4 is 0 Å². The Labute approximate surface area is 46.6 Å². The minimum absolute atomic E-state index is 1.88. The van der Waals surface area contributed by atoms with Gasteiger partial charge in [-0.3, -0.25) is 0 Å². The Hall–Kier alpha value is 0.494. The first-order chi connectivity index (χ1) is 3.06. The van der Waals surface area contributed by atoms with Crippen molar-refractivity contribution in [2.24, 2.45) is 0 Å². The summed E-state index contributed by atoms with van der Waals surface area (Å²) in [5, 5.41) is 0. The monoisotopic (exact) mass is 164 g/mol. The van der Waals surface area contributed by atoms with Crippen molar-refractivity contribution in [3.63, 3.8) is 0 Å². The van der Waals surface area contributed by atoms with Crippen LogP contribution in [0.25, 0.3) is 0 Å². The quantitative estimate of drug-likeness (QED) is 0.534. The van der Waals surface area contributed by atoms with Crippen molar-refractivity contribution in [3.8, 4) is 0 Å². The van der Waals surface area contributed by atoms with Gasteiger partial charge in [-0.25, -0.2) is 0 Å². The fraction of sp³-hybridized carbons (Fsp3) is 0. The van der Waals surface area contributed by atoms with Gasteiger partial charge in [0.25, 0.3) is 0 Å². The van der Waals surface area contributed by atoms with E-state index in [1.807, 2.05) is 0 Å². The summed E-state index contributed by atoms with van der Waals surface area (Å²) in [6.07, 6.45) is 0. The molecule has 0 unspecified atom stereocenters. The molecule has 0 aliphatic rings. The van der Waals surface area contributed by atoms with Crippen molar-refractivity contribution in [1.29, 1.82) is 0 Å². The molecule has 7 heteroatoms. The van der Waals surface area contributed by atoms with E-state index in [0.29, 0.717) is 0 Å². The van der Waals surface area contributed by atoms with Gasteiger partial charge in [0, 0.05) is 0 Å². The summed E-state index contributed by atoms with van der Waals surface area (Å²) in [6.45, 7) is 0. The van der Waals surface area contributed by atoms with Gasteiger partial charge in [-0.05, 0) is 0 Å². The molecule has 0 bridgehead atoms. The Morgan fingerprint density at radius 1 is 1.57 bits per heavy atom. The topological polar surface area (TPSA) is 83.8 Å². The van der Waals surface area contributed by atoms with E-state index < -0.39 is 24.4 Å². The molecule has 7 heavy (non-hydrogen) atoms. The first-order valence-corrected chi connectivity index (χ1v) is 3.80. The number of hydrogen-bond donors (Lipinski definition) is 2. The molecule has 0 aromatic carbocycles. The van der Waals surface area contributed by atoms with Crippen molar-refractivity contribution in [2.45, 2.75) is 0 Å². The number of rotatable bonds is 2. The molecule has 5 nitrogen and oxygen atoms in total. The molecule has 0 rings (SSSR count). The standard InChI is InChI=1S/H3O4P.O.V/c1-5(2,3)4;;/h(H3,1,2,3,4);;/q;;+1/p-1. The third kappa shape index (κ3) is 6.49. The zero-order valence-corrected chi connectivity index (χ0v) is 5.30. The molecule has 42 valence electrons. The summed E-state index contributed by atoms with van der Waals surface area (Å²) in [5.74, 6) is 0. The van der Waals surface area contributed by atoms with Crippen LogP contribution >= 0.6 is 7.82 Å². The molecule has 0 radical (unpaired) electrons. The summed E-state index contributed by atoms with van der Waals surface area (Å²) >= 11 is -1.88. The van der Waals surface area contributed by atoms with Gasteiger partial charge in [-0.1, -0.05) is 0 Å². The SMILES string of the molecule is [O]=[V][O]P(=O)(O)O. The predicted molar refractivity (Wildman–Crippen MR) is 13.8 cm³/mol. The number of phosphoric acid groups is 1. The van der Waals surface area contributed by atoms with E-state index >= 15 is 0 Å². The van der Waals surface area contributed by atoms with Gasteiger partial charge < -0.3 is 0 Å². The summed E-state index contributed by atoms with van der Waals surface area (Å²) in [7, 11) is -4.44. The molecule has 0 atom stereocenters. The molecule has 0 aliphatic carbocycles. The van der Waals surface area contributed by atoms with Crippen LogP contribution in [0.15, 0.2) is 0 Å². The van der Waals surface area contributed by atoms with Crippen molar-refractivity contribution >= 4 is 7.82 Å². The van der Waals surface area contributed by atoms with Crippen LogP contribution in [0.1, 0.15) is 0 Å². The van der Waals surface area contributed by atoms with Crippen molar-refractivity contribution in [2.75, 3.05) is 0 Å². The minimum atomic E-state index is -4.44. The van der Waals surface area contributed by atoms with E-state index in [1.54, 1.807) is 0 Å². The molecule has 0 amide bonds. The van der Waals surface area contributed by atoms with Crippen LogP contribution in [0.4, 0.5) is 0 Å². The first kappa shape index (κ1) is 7.49. The van der Waals surface area contributed by atoms with E-state index in [-0.39, 0.29) is 0 Å². The molecule has 0 fully saturated rings. The van der Waals surface area contributed by atoms with Crippen LogP contribution in [0.2, 0.25) is 0 Å². The van der Waals surface area contributed by atoms with Crippen molar-refractivity contribution in [1.82, 2.24) is 0 Å². The second kappa shape index (κ2) is 2.72. The Morgan fingerprint density at radius 2 is 2.00 bits per heavy atom. The van der Waals surface area contributed by atoms with Gasteiger partial charge in [0.05, 0.1) is 0 Å². The Balaban J connectivity index is 3.57. The fourth-order valence-corrected chi connectivity index (χ4v) is 0.537. The summed E-state index contributed by atoms with van der Waals surface area (Å²) in [5.41, 5.74) is 0. The van der Waals surface area contributed by atoms with Crippen LogP contribution in [0.3, 0.4) is 0 Å². The Kier molecular flexibility index (Phi) is 2.91. The average molecular weight is 164 g/mol. The fourth-order valence-electron chi connectivity index (χ4n) is 0.0434. The first-order valence-electron chi connectivity index (χ1n) is 1.13. The van der Waals surface area contributed by atoms with Crippen molar-refractivity contribution < 1.29 is 38.1 Å². The third-order valence-corrected chi connectivity index (χ3v) is 1.73. The second-order valence-electron chi connectivity index (χ2n) is 0.647. The van der Waals surface area contributed by atoms with Gasteiger partial charge in [-0.15, -0.1) is 0 Å². The molecule has 2 N–H and O–H groups in total. The molecule has 0 aliphatic heterocycles. The predicted octanol–water partition coefficient (Wildman–Crippen LogP) is -0.561. The number of hydrogen-bond acceptors (Lipinski definition) is 3. The molecule has 0 saturated carbocycles. The van der Waals surface area contributed by atoms with E-state index in [9.17, 15) is 8.24 Å². The molecule has 0 aromatic heterocycles. The zero-order chi connectivity index (χ0) is 5.91. The van der Waals surface area contributed by atoms with Crippen LogP contribution in [-0.2, 0) is 28.3 Å². The van der Waals surface area contributed by atoms with Gasteiger partial charge in [-0.2, -0.15) is 0 Å². The molecule has 0 saturated heterocycles. The van der Waals surface area contributed by atoms with Gasteiger partial charge in [0.15, 0.2) is 0 Å². The van der Waals surface area contributed by atoms with E-state index in [0.717, 1.165) is 0 Å². The Morgan fingerprint density at radius 3 is 2.00 bits per heavy atom. The normalized spacial score (nSPS) is 11.1. The molecule has 0 spiro atoms. The second-order valence-corrected chi connectivity index (χ2v) is 2.79. The van der Waals surface area contributed by atoms with Crippen LogP contribution in [-0.4, -0.2) is 9.79 Å². The van der Waals surface area contributed by atoms with E-state index in [1.165, 1.54) is 0 Å². The summed E-state index contributed by atoms with van der Waals surface area (Å²) in [6, 6.07) is 0. The van der Waals surface area contributed by atoms with Gasteiger partial charge >= 0.3 is 45.9 Å². The Bertz CT molecular complexity index is 101. The molecule has 0 aromatic rings. The molecule has 0 heterocycles. The maximum atomic E-state index is 9.53. The van der Waals surface area contributed by atoms with Gasteiger partial charge in [0.1, 0.15) is 0 Å². The summed E-state index contributed by atoms with van der Waals surface area (Å²) in [4.78, 5) is 15.5. The zero-order valence-electron chi connectivity index (χ0n) is 3.01. The van der Waals surface area contributed by atoms with Crippen molar-refractivity contribution in [3.05, 3.63) is 0 Å². The average Bonchev–Trinajstić information content (AvgIpc) is 1.30. The van der Waals surface area contributed by atoms with Crippen LogP contribution in [0.5, 0.6) is 0 Å². The molecular formula is H2O5PV. The maximum absolute atomic E-state index is 9.53. The van der Waals surface area contributed by atoms with Crippen LogP contribution in [0, 0.1) is 0 Å². The molecular weight excluding hydrogens is 162 g/mol. The van der Waals surface area contributed by atoms with E-state index in [2.05, 4.69) is 3.45 Å². The van der Waals surface area contributed by atoms with E-state index in [4.69, 9.17) is 9.79 Å². The summed E-state index contributed by atoms with van der Waals surface area (Å²) < 4.78 is 22.3. The third-order valence-electron chi connectivity index (χ3n) is 0.140. The van der Waals surface area contributed by atoms with Gasteiger partial charge in [0.2, 0.25) is 0 Å².